The molecule has 0 saturated carbocycles. The smallest absolute Gasteiger partial charge is 0.428 e. The highest BCUT2D eigenvalue weighted by atomic mass is 16.7. The monoisotopic (exact) mass is 398 g/mol. The molecule has 2 atom stereocenters. The van der Waals surface area contributed by atoms with Crippen LogP contribution in [-0.2, 0) is 19.1 Å². The van der Waals surface area contributed by atoms with Gasteiger partial charge < -0.3 is 20.9 Å². The lowest BCUT2D eigenvalue weighted by molar-refractivity contribution is -0.146. The summed E-state index contributed by atoms with van der Waals surface area (Å²) in [4.78, 5) is 36.7. The molecule has 0 spiro atoms. The number of amides is 1. The van der Waals surface area contributed by atoms with Crippen LogP contribution < -0.4 is 11.5 Å². The molecule has 0 aliphatic heterocycles. The Morgan fingerprint density at radius 1 is 0.862 bits per heavy atom. The van der Waals surface area contributed by atoms with Crippen LogP contribution in [0.2, 0.25) is 0 Å². The summed E-state index contributed by atoms with van der Waals surface area (Å²) in [7, 11) is 0. The lowest BCUT2D eigenvalue weighted by atomic mass is 9.76. The van der Waals surface area contributed by atoms with E-state index in [1.54, 1.807) is 20.8 Å². The number of hydrogen-bond acceptors (Lipinski definition) is 6. The van der Waals surface area contributed by atoms with Crippen molar-refractivity contribution < 1.29 is 23.9 Å². The fraction of sp³-hybridized carbons (Fsp3) is 0.318. The first-order valence-electron chi connectivity index (χ1n) is 9.19. The summed E-state index contributed by atoms with van der Waals surface area (Å²) in [5, 5.41) is 0. The molecule has 154 valence electrons. The zero-order valence-electron chi connectivity index (χ0n) is 16.7. The third-order valence-electron chi connectivity index (χ3n) is 4.24. The number of benzene rings is 2. The largest absolute Gasteiger partial charge is 0.516 e. The number of carbonyl (C=O) groups is 3. The molecule has 0 aliphatic rings. The van der Waals surface area contributed by atoms with E-state index >= 15 is 0 Å². The molecular formula is C22H26N2O5. The maximum Gasteiger partial charge on any atom is 0.516 e. The minimum atomic E-state index is -1.47. The average molecular weight is 398 g/mol. The number of esters is 1. The second-order valence-electron chi connectivity index (χ2n) is 7.64. The quantitative estimate of drug-likeness (QED) is 0.570. The number of carbonyl (C=O) groups excluding carboxylic acids is 3. The highest BCUT2D eigenvalue weighted by Gasteiger charge is 2.39. The Hall–Kier alpha value is -3.19. The molecule has 0 fully saturated rings. The Bertz CT molecular complexity index is 807. The predicted molar refractivity (Wildman–Crippen MR) is 108 cm³/mol. The number of hydrogen-bond donors (Lipinski definition) is 2. The van der Waals surface area contributed by atoms with Gasteiger partial charge in [-0.05, 0) is 31.9 Å². The molecule has 1 amide bonds. The normalized spacial score (nSPS) is 13.4. The van der Waals surface area contributed by atoms with Crippen LogP contribution in [0, 0.1) is 5.92 Å². The van der Waals surface area contributed by atoms with Crippen LogP contribution in [-0.4, -0.2) is 29.7 Å². The minimum absolute atomic E-state index is 0.601. The van der Waals surface area contributed by atoms with Crippen molar-refractivity contribution in [3.8, 4) is 0 Å². The van der Waals surface area contributed by atoms with Crippen LogP contribution >= 0.6 is 0 Å². The molecule has 0 aromatic heterocycles. The van der Waals surface area contributed by atoms with E-state index in [0.717, 1.165) is 11.1 Å². The molecule has 0 bridgehead atoms. The van der Waals surface area contributed by atoms with Crippen molar-refractivity contribution in [3.05, 3.63) is 71.8 Å². The van der Waals surface area contributed by atoms with Crippen LogP contribution in [0.5, 0.6) is 0 Å². The maximum atomic E-state index is 12.5. The van der Waals surface area contributed by atoms with E-state index in [2.05, 4.69) is 0 Å². The van der Waals surface area contributed by atoms with Crippen molar-refractivity contribution in [2.75, 3.05) is 0 Å². The first kappa shape index (κ1) is 22.1. The standard InChI is InChI=1S/C22H26N2O5/c1-22(2,3)29-21(27)28-20(26)18(23)17(19(24)25)16(14-10-6-4-7-11-14)15-12-8-5-9-13-15/h4-13,16-18H,23H2,1-3H3,(H2,24,25)/t17?,18-/m0/s1. The van der Waals surface area contributed by atoms with E-state index in [9.17, 15) is 14.4 Å². The first-order valence-corrected chi connectivity index (χ1v) is 9.19. The van der Waals surface area contributed by atoms with E-state index in [4.69, 9.17) is 20.9 Å². The minimum Gasteiger partial charge on any atom is -0.428 e. The molecule has 0 heterocycles. The fourth-order valence-corrected chi connectivity index (χ4v) is 3.04. The lowest BCUT2D eigenvalue weighted by Gasteiger charge is -2.29. The number of rotatable bonds is 6. The molecule has 1 unspecified atom stereocenters. The zero-order valence-corrected chi connectivity index (χ0v) is 16.7. The van der Waals surface area contributed by atoms with Crippen molar-refractivity contribution in [1.82, 2.24) is 0 Å². The fourth-order valence-electron chi connectivity index (χ4n) is 3.04. The Morgan fingerprint density at radius 3 is 1.69 bits per heavy atom. The predicted octanol–water partition coefficient (Wildman–Crippen LogP) is 2.73. The van der Waals surface area contributed by atoms with Gasteiger partial charge in [-0.2, -0.15) is 0 Å². The number of ether oxygens (including phenoxy) is 2. The van der Waals surface area contributed by atoms with Gasteiger partial charge in [-0.15, -0.1) is 0 Å². The molecule has 4 N–H and O–H groups in total. The highest BCUT2D eigenvalue weighted by Crippen LogP contribution is 2.34. The summed E-state index contributed by atoms with van der Waals surface area (Å²) in [5.74, 6) is -3.61. The van der Waals surface area contributed by atoms with Gasteiger partial charge in [-0.3, -0.25) is 4.79 Å². The Kier molecular flexibility index (Phi) is 7.12. The van der Waals surface area contributed by atoms with Gasteiger partial charge in [-0.25, -0.2) is 9.59 Å². The molecule has 0 saturated heterocycles. The summed E-state index contributed by atoms with van der Waals surface area (Å²) in [6, 6.07) is 16.7. The van der Waals surface area contributed by atoms with E-state index in [1.807, 2.05) is 60.7 Å². The van der Waals surface area contributed by atoms with Gasteiger partial charge in [0.2, 0.25) is 5.91 Å². The van der Waals surface area contributed by atoms with Gasteiger partial charge in [0.1, 0.15) is 11.6 Å². The molecule has 2 rings (SSSR count). The van der Waals surface area contributed by atoms with Crippen LogP contribution in [0.15, 0.2) is 60.7 Å². The van der Waals surface area contributed by atoms with Crippen molar-refractivity contribution >= 4 is 18.0 Å². The van der Waals surface area contributed by atoms with Crippen LogP contribution in [0.3, 0.4) is 0 Å². The van der Waals surface area contributed by atoms with E-state index in [1.165, 1.54) is 0 Å². The molecule has 0 radical (unpaired) electrons. The molecule has 0 aliphatic carbocycles. The summed E-state index contributed by atoms with van der Waals surface area (Å²) < 4.78 is 9.68. The van der Waals surface area contributed by atoms with Crippen LogP contribution in [0.1, 0.15) is 37.8 Å². The SMILES string of the molecule is CC(C)(C)OC(=O)OC(=O)[C@@H](N)C(C(N)=O)C(c1ccccc1)c1ccccc1. The van der Waals surface area contributed by atoms with Gasteiger partial charge in [0, 0.05) is 5.92 Å². The third kappa shape index (κ3) is 6.15. The van der Waals surface area contributed by atoms with Crippen LogP contribution in [0.25, 0.3) is 0 Å². The molecular weight excluding hydrogens is 372 g/mol. The zero-order chi connectivity index (χ0) is 21.6. The van der Waals surface area contributed by atoms with Gasteiger partial charge in [0.25, 0.3) is 0 Å². The molecule has 7 heteroatoms. The Labute approximate surface area is 170 Å². The van der Waals surface area contributed by atoms with Crippen LogP contribution in [0.4, 0.5) is 4.79 Å². The maximum absolute atomic E-state index is 12.5. The van der Waals surface area contributed by atoms with Gasteiger partial charge in [0.05, 0.1) is 5.92 Å². The Morgan fingerprint density at radius 2 is 1.31 bits per heavy atom. The summed E-state index contributed by atoms with van der Waals surface area (Å²) in [5.41, 5.74) is 12.4. The van der Waals surface area contributed by atoms with E-state index < -0.39 is 41.5 Å². The summed E-state index contributed by atoms with van der Waals surface area (Å²) >= 11 is 0. The van der Waals surface area contributed by atoms with Gasteiger partial charge >= 0.3 is 12.1 Å². The second-order valence-corrected chi connectivity index (χ2v) is 7.64. The van der Waals surface area contributed by atoms with Crippen molar-refractivity contribution in [3.63, 3.8) is 0 Å². The van der Waals surface area contributed by atoms with Crippen molar-refractivity contribution in [1.29, 1.82) is 0 Å². The van der Waals surface area contributed by atoms with E-state index in [0.29, 0.717) is 0 Å². The van der Waals surface area contributed by atoms with Crippen molar-refractivity contribution in [2.45, 2.75) is 38.3 Å². The molecule has 29 heavy (non-hydrogen) atoms. The lowest BCUT2D eigenvalue weighted by Crippen LogP contribution is -2.49. The third-order valence-corrected chi connectivity index (χ3v) is 4.24. The number of primary amides is 1. The Balaban J connectivity index is 2.36. The second kappa shape index (κ2) is 9.34. The first-order chi connectivity index (χ1) is 13.6. The van der Waals surface area contributed by atoms with E-state index in [-0.39, 0.29) is 0 Å². The van der Waals surface area contributed by atoms with Gasteiger partial charge in [0.15, 0.2) is 0 Å². The number of nitrogens with two attached hydrogens (primary N) is 2. The van der Waals surface area contributed by atoms with Gasteiger partial charge in [-0.1, -0.05) is 60.7 Å². The molecule has 2 aromatic carbocycles. The summed E-state index contributed by atoms with van der Waals surface area (Å²) in [6.07, 6.45) is -1.18. The topological polar surface area (TPSA) is 122 Å². The summed E-state index contributed by atoms with van der Waals surface area (Å²) in [6.45, 7) is 4.89. The molecule has 2 aromatic rings. The van der Waals surface area contributed by atoms with Crippen molar-refractivity contribution in [2.24, 2.45) is 17.4 Å². The molecule has 7 nitrogen and oxygen atoms in total. The highest BCUT2D eigenvalue weighted by molar-refractivity contribution is 5.91. The average Bonchev–Trinajstić information content (AvgIpc) is 2.65.